The molecule has 1 aromatic heterocycles. The molecular weight excluding hydrogens is 518 g/mol. The molecule has 1 aliphatic heterocycles. The van der Waals surface area contributed by atoms with Crippen LogP contribution in [0.15, 0.2) is 21.2 Å². The van der Waals surface area contributed by atoms with Crippen LogP contribution in [0, 0.1) is 46.3 Å². The molecule has 4 aliphatic carbocycles. The number of ether oxygens (including phenoxy) is 1. The first-order chi connectivity index (χ1) is 19.3. The molecule has 6 rings (SSSR count). The maximum Gasteiger partial charge on any atom is 0.333 e. The smallest absolute Gasteiger partial charge is 0.333 e. The molecular formula is C33H51N3O5. The monoisotopic (exact) mass is 569 g/mol. The lowest BCUT2D eigenvalue weighted by Gasteiger charge is -2.58. The minimum absolute atomic E-state index is 0.000339. The molecule has 8 nitrogen and oxygen atoms in total. The Bertz CT molecular complexity index is 1370. The van der Waals surface area contributed by atoms with Gasteiger partial charge in [-0.15, -0.1) is 0 Å². The van der Waals surface area contributed by atoms with Gasteiger partial charge >= 0.3 is 5.69 Å². The highest BCUT2D eigenvalue weighted by atomic mass is 16.5. The molecule has 228 valence electrons. The van der Waals surface area contributed by atoms with Crippen molar-refractivity contribution in [3.05, 3.63) is 38.1 Å². The van der Waals surface area contributed by atoms with Gasteiger partial charge in [-0.3, -0.25) is 13.9 Å². The van der Waals surface area contributed by atoms with Gasteiger partial charge in [0.15, 0.2) is 0 Å². The number of allylic oxidation sites excluding steroid dienone is 1. The lowest BCUT2D eigenvalue weighted by Crippen LogP contribution is -2.52. The van der Waals surface area contributed by atoms with Crippen LogP contribution in [0.3, 0.4) is 0 Å². The largest absolute Gasteiger partial charge is 0.494 e. The van der Waals surface area contributed by atoms with E-state index in [1.165, 1.54) is 30.7 Å². The number of nitrogens with two attached hydrogens (primary N) is 1. The van der Waals surface area contributed by atoms with E-state index in [1.807, 2.05) is 0 Å². The Morgan fingerprint density at radius 3 is 2.59 bits per heavy atom. The summed E-state index contributed by atoms with van der Waals surface area (Å²) in [7, 11) is 3.00. The van der Waals surface area contributed by atoms with Crippen LogP contribution in [0.5, 0.6) is 5.88 Å². The average Bonchev–Trinajstić information content (AvgIpc) is 3.40. The fourth-order valence-corrected chi connectivity index (χ4v) is 10.8. The number of aliphatic hydroxyl groups excluding tert-OH is 1. The molecule has 1 aromatic rings. The fraction of sp³-hybridized carbons (Fsp3) is 0.818. The second kappa shape index (κ2) is 9.81. The van der Waals surface area contributed by atoms with Crippen molar-refractivity contribution < 1.29 is 14.9 Å². The van der Waals surface area contributed by atoms with Crippen LogP contribution in [0.2, 0.25) is 0 Å². The maximum atomic E-state index is 13.7. The quantitative estimate of drug-likeness (QED) is 0.462. The Morgan fingerprint density at radius 2 is 1.88 bits per heavy atom. The third kappa shape index (κ3) is 3.95. The van der Waals surface area contributed by atoms with Crippen molar-refractivity contribution >= 4 is 0 Å². The first kappa shape index (κ1) is 29.2. The maximum absolute atomic E-state index is 13.7. The van der Waals surface area contributed by atoms with Gasteiger partial charge in [-0.05, 0) is 111 Å². The van der Waals surface area contributed by atoms with Gasteiger partial charge < -0.3 is 20.7 Å². The van der Waals surface area contributed by atoms with E-state index >= 15 is 0 Å². The van der Waals surface area contributed by atoms with Crippen LogP contribution in [-0.4, -0.2) is 38.1 Å². The standard InChI is InChI=1S/C33H51N3O5/c1-18(17-34)9-14-33(27-28(38)35(5)30(40)36(6)29(27)39)19(2)26-25(41-33)16-24-22-8-7-20-15-21(37)10-12-31(20,3)23(22)11-13-32(24,26)4/h7,18-19,21-26,37-38H,8-17,34H2,1-6H3. The van der Waals surface area contributed by atoms with Crippen molar-refractivity contribution in [3.63, 3.8) is 0 Å². The van der Waals surface area contributed by atoms with E-state index in [4.69, 9.17) is 10.5 Å². The second-order valence-corrected chi connectivity index (χ2v) is 15.1. The summed E-state index contributed by atoms with van der Waals surface area (Å²) in [5, 5.41) is 21.7. The fourth-order valence-electron chi connectivity index (χ4n) is 10.8. The molecule has 4 fully saturated rings. The Morgan fingerprint density at radius 1 is 1.15 bits per heavy atom. The molecule has 0 spiro atoms. The molecule has 0 aromatic carbocycles. The van der Waals surface area contributed by atoms with Crippen LogP contribution in [0.4, 0.5) is 0 Å². The van der Waals surface area contributed by atoms with Crippen LogP contribution in [-0.2, 0) is 24.4 Å². The molecule has 0 radical (unpaired) electrons. The average molecular weight is 570 g/mol. The topological polar surface area (TPSA) is 120 Å². The number of aromatic nitrogens is 2. The van der Waals surface area contributed by atoms with Crippen molar-refractivity contribution in [3.8, 4) is 5.88 Å². The summed E-state index contributed by atoms with van der Waals surface area (Å²) in [4.78, 5) is 26.4. The molecule has 11 atom stereocenters. The predicted octanol–water partition coefficient (Wildman–Crippen LogP) is 3.94. The Balaban J connectivity index is 1.39. The molecule has 0 amide bonds. The Hall–Kier alpha value is -1.90. The number of hydrogen-bond acceptors (Lipinski definition) is 6. The second-order valence-electron chi connectivity index (χ2n) is 15.1. The number of aliphatic hydroxyl groups is 1. The van der Waals surface area contributed by atoms with Gasteiger partial charge in [0, 0.05) is 14.1 Å². The summed E-state index contributed by atoms with van der Waals surface area (Å²) < 4.78 is 9.47. The Kier molecular flexibility index (Phi) is 6.99. The zero-order valence-corrected chi connectivity index (χ0v) is 25.9. The van der Waals surface area contributed by atoms with Crippen molar-refractivity contribution in [2.75, 3.05) is 6.54 Å². The molecule has 1 saturated heterocycles. The van der Waals surface area contributed by atoms with E-state index in [9.17, 15) is 19.8 Å². The molecule has 5 aliphatic rings. The highest BCUT2D eigenvalue weighted by Crippen LogP contribution is 2.71. The van der Waals surface area contributed by atoms with Gasteiger partial charge in [0.1, 0.15) is 11.2 Å². The summed E-state index contributed by atoms with van der Waals surface area (Å²) in [6.45, 7) is 9.82. The Labute approximate surface area is 244 Å². The molecule has 0 bridgehead atoms. The lowest BCUT2D eigenvalue weighted by atomic mass is 9.46. The minimum atomic E-state index is -0.973. The van der Waals surface area contributed by atoms with E-state index in [1.54, 1.807) is 0 Å². The minimum Gasteiger partial charge on any atom is -0.494 e. The zero-order valence-electron chi connectivity index (χ0n) is 25.9. The van der Waals surface area contributed by atoms with Crippen molar-refractivity contribution in [2.24, 2.45) is 66.2 Å². The van der Waals surface area contributed by atoms with E-state index in [0.29, 0.717) is 30.7 Å². The van der Waals surface area contributed by atoms with Crippen molar-refractivity contribution in [1.82, 2.24) is 9.13 Å². The third-order valence-electron chi connectivity index (χ3n) is 13.3. The number of hydrogen-bond donors (Lipinski definition) is 3. The summed E-state index contributed by atoms with van der Waals surface area (Å²) in [5.74, 6) is 2.01. The summed E-state index contributed by atoms with van der Waals surface area (Å²) in [6, 6.07) is 0. The molecule has 2 heterocycles. The highest BCUT2D eigenvalue weighted by Gasteiger charge is 2.69. The number of aromatic hydroxyl groups is 1. The molecule has 11 unspecified atom stereocenters. The first-order valence-corrected chi connectivity index (χ1v) is 16.0. The van der Waals surface area contributed by atoms with E-state index in [0.717, 1.165) is 49.5 Å². The summed E-state index contributed by atoms with van der Waals surface area (Å²) >= 11 is 0. The van der Waals surface area contributed by atoms with Gasteiger partial charge in [0.25, 0.3) is 5.56 Å². The van der Waals surface area contributed by atoms with E-state index in [-0.39, 0.29) is 52.2 Å². The lowest BCUT2D eigenvalue weighted by molar-refractivity contribution is -0.0933. The number of rotatable bonds is 5. The van der Waals surface area contributed by atoms with E-state index < -0.39 is 16.9 Å². The van der Waals surface area contributed by atoms with Crippen LogP contribution in [0.25, 0.3) is 0 Å². The van der Waals surface area contributed by atoms with Gasteiger partial charge in [0.05, 0.1) is 12.2 Å². The molecule has 4 N–H and O–H groups in total. The highest BCUT2D eigenvalue weighted by molar-refractivity contribution is 5.34. The van der Waals surface area contributed by atoms with Crippen molar-refractivity contribution in [1.29, 1.82) is 0 Å². The number of fused-ring (bicyclic) bond motifs is 7. The normalized spacial score (nSPS) is 44.0. The SMILES string of the molecule is CC(CN)CCC1(c2c(O)n(C)c(=O)n(C)c2=O)OC2CC3C4CC=C5CC(O)CCC5(C)C4CCC3(C)C2C1C. The van der Waals surface area contributed by atoms with Crippen molar-refractivity contribution in [2.45, 2.75) is 103 Å². The van der Waals surface area contributed by atoms with Crippen LogP contribution < -0.4 is 17.0 Å². The van der Waals surface area contributed by atoms with Gasteiger partial charge in [0.2, 0.25) is 5.88 Å². The first-order valence-electron chi connectivity index (χ1n) is 16.0. The molecule has 8 heteroatoms. The van der Waals surface area contributed by atoms with Gasteiger partial charge in [-0.2, -0.15) is 0 Å². The van der Waals surface area contributed by atoms with Crippen LogP contribution >= 0.6 is 0 Å². The molecule has 41 heavy (non-hydrogen) atoms. The van der Waals surface area contributed by atoms with Crippen LogP contribution in [0.1, 0.15) is 91.0 Å². The zero-order chi connectivity index (χ0) is 29.6. The summed E-state index contributed by atoms with van der Waals surface area (Å²) in [6.07, 6.45) is 10.8. The van der Waals surface area contributed by atoms with Gasteiger partial charge in [-0.25, -0.2) is 4.79 Å². The van der Waals surface area contributed by atoms with Gasteiger partial charge in [-0.1, -0.05) is 39.3 Å². The number of nitrogens with zero attached hydrogens (tertiary/aromatic N) is 2. The summed E-state index contributed by atoms with van der Waals surface area (Å²) in [5.41, 5.74) is 6.02. The third-order valence-corrected chi connectivity index (χ3v) is 13.3. The predicted molar refractivity (Wildman–Crippen MR) is 158 cm³/mol. The molecule has 3 saturated carbocycles. The van der Waals surface area contributed by atoms with E-state index in [2.05, 4.69) is 33.8 Å².